The summed E-state index contributed by atoms with van der Waals surface area (Å²) in [7, 11) is 1.68. The summed E-state index contributed by atoms with van der Waals surface area (Å²) in [6.07, 6.45) is 0. The van der Waals surface area contributed by atoms with Crippen LogP contribution in [-0.4, -0.2) is 63.5 Å². The maximum atomic E-state index is 9.66. The normalized spacial score (nSPS) is 12.0. The summed E-state index contributed by atoms with van der Waals surface area (Å²) >= 11 is 1.45. The van der Waals surface area contributed by atoms with Crippen LogP contribution in [0.25, 0.3) is 0 Å². The van der Waals surface area contributed by atoms with Crippen molar-refractivity contribution in [1.29, 1.82) is 0 Å². The van der Waals surface area contributed by atoms with Crippen molar-refractivity contribution in [2.24, 2.45) is 0 Å². The zero-order valence-corrected chi connectivity index (χ0v) is 11.9. The van der Waals surface area contributed by atoms with Gasteiger partial charge in [0.15, 0.2) is 0 Å². The minimum absolute atomic E-state index is 0.560. The molecule has 0 aliphatic carbocycles. The molecule has 0 saturated carbocycles. The van der Waals surface area contributed by atoms with Gasteiger partial charge < -0.3 is 15.2 Å². The molecule has 0 radical (unpaired) electrons. The molecule has 0 aliphatic heterocycles. The van der Waals surface area contributed by atoms with Crippen LogP contribution in [0.2, 0.25) is 0 Å². The third-order valence-electron chi connectivity index (χ3n) is 2.04. The Kier molecular flexibility index (Phi) is 6.55. The molecule has 2 N–H and O–H groups in total. The van der Waals surface area contributed by atoms with Crippen molar-refractivity contribution in [3.63, 3.8) is 0 Å². The third-order valence-corrected chi connectivity index (χ3v) is 3.44. The summed E-state index contributed by atoms with van der Waals surface area (Å²) in [5.41, 5.74) is -0.724. The second-order valence-corrected chi connectivity index (χ2v) is 5.47. The molecular weight excluding hydrogens is 254 g/mol. The second-order valence-electron chi connectivity index (χ2n) is 4.53. The van der Waals surface area contributed by atoms with Crippen molar-refractivity contribution in [1.82, 2.24) is 25.5 Å². The van der Waals surface area contributed by atoms with E-state index in [1.807, 2.05) is 0 Å². The first-order valence-corrected chi connectivity index (χ1v) is 6.82. The van der Waals surface area contributed by atoms with Crippen LogP contribution in [-0.2, 0) is 11.3 Å². The fourth-order valence-electron chi connectivity index (χ4n) is 1.17. The Morgan fingerprint density at radius 2 is 2.22 bits per heavy atom. The Labute approximate surface area is 111 Å². The van der Waals surface area contributed by atoms with Crippen molar-refractivity contribution in [3.05, 3.63) is 0 Å². The molecule has 0 unspecified atom stereocenters. The Balaban J connectivity index is 2.31. The quantitative estimate of drug-likeness (QED) is 0.476. The monoisotopic (exact) mass is 275 g/mol. The number of methoxy groups -OCH3 is 1. The molecule has 0 amide bonds. The van der Waals surface area contributed by atoms with Crippen LogP contribution in [0.15, 0.2) is 5.16 Å². The van der Waals surface area contributed by atoms with E-state index in [-0.39, 0.29) is 0 Å². The van der Waals surface area contributed by atoms with Gasteiger partial charge >= 0.3 is 0 Å². The van der Waals surface area contributed by atoms with Gasteiger partial charge in [0.25, 0.3) is 0 Å². The Morgan fingerprint density at radius 3 is 2.89 bits per heavy atom. The first-order valence-electron chi connectivity index (χ1n) is 5.84. The summed E-state index contributed by atoms with van der Waals surface area (Å²) in [5, 5.41) is 25.1. The van der Waals surface area contributed by atoms with E-state index in [9.17, 15) is 5.11 Å². The number of aromatic nitrogens is 4. The van der Waals surface area contributed by atoms with Crippen molar-refractivity contribution in [3.8, 4) is 0 Å². The van der Waals surface area contributed by atoms with Crippen LogP contribution < -0.4 is 5.32 Å². The van der Waals surface area contributed by atoms with E-state index in [1.165, 1.54) is 11.8 Å². The fourth-order valence-corrected chi connectivity index (χ4v) is 2.02. The number of aliphatic hydroxyl groups is 1. The van der Waals surface area contributed by atoms with E-state index in [1.54, 1.807) is 25.6 Å². The number of hydrogen-bond acceptors (Lipinski definition) is 7. The molecule has 0 fully saturated rings. The smallest absolute Gasteiger partial charge is 0.209 e. The van der Waals surface area contributed by atoms with Gasteiger partial charge in [-0.15, -0.1) is 5.10 Å². The van der Waals surface area contributed by atoms with Gasteiger partial charge in [0.2, 0.25) is 5.16 Å². The lowest BCUT2D eigenvalue weighted by Crippen LogP contribution is -2.25. The van der Waals surface area contributed by atoms with Crippen LogP contribution >= 0.6 is 11.8 Å². The first kappa shape index (κ1) is 15.4. The standard InChI is InChI=1S/C10H21N5O2S/c1-10(2,16)8-18-9-12-13-14-15(9)6-4-11-5-7-17-3/h11,16H,4-8H2,1-3H3. The molecule has 0 bridgehead atoms. The van der Waals surface area contributed by atoms with Gasteiger partial charge in [-0.2, -0.15) is 0 Å². The third kappa shape index (κ3) is 6.29. The predicted molar refractivity (Wildman–Crippen MR) is 69.6 cm³/mol. The lowest BCUT2D eigenvalue weighted by Gasteiger charge is -2.15. The van der Waals surface area contributed by atoms with E-state index in [0.717, 1.165) is 18.2 Å². The highest BCUT2D eigenvalue weighted by atomic mass is 32.2. The summed E-state index contributed by atoms with van der Waals surface area (Å²) in [4.78, 5) is 0. The molecule has 104 valence electrons. The average molecular weight is 275 g/mol. The van der Waals surface area contributed by atoms with Gasteiger partial charge in [-0.3, -0.25) is 0 Å². The second kappa shape index (κ2) is 7.67. The minimum Gasteiger partial charge on any atom is -0.390 e. The number of nitrogens with zero attached hydrogens (tertiary/aromatic N) is 4. The SMILES string of the molecule is COCCNCCn1nnnc1SCC(C)(C)O. The van der Waals surface area contributed by atoms with Gasteiger partial charge in [0.1, 0.15) is 0 Å². The molecule has 8 heteroatoms. The largest absolute Gasteiger partial charge is 0.390 e. The lowest BCUT2D eigenvalue weighted by molar-refractivity contribution is 0.107. The Bertz CT molecular complexity index is 339. The molecule has 7 nitrogen and oxygen atoms in total. The Morgan fingerprint density at radius 1 is 1.44 bits per heavy atom. The molecule has 1 rings (SSSR count). The topological polar surface area (TPSA) is 85.1 Å². The zero-order valence-electron chi connectivity index (χ0n) is 11.1. The first-order chi connectivity index (χ1) is 8.53. The van der Waals surface area contributed by atoms with Gasteiger partial charge in [-0.05, 0) is 24.3 Å². The molecule has 18 heavy (non-hydrogen) atoms. The van der Waals surface area contributed by atoms with E-state index in [2.05, 4.69) is 20.8 Å². The number of nitrogens with one attached hydrogen (secondary N) is 1. The van der Waals surface area contributed by atoms with Crippen LogP contribution in [0, 0.1) is 0 Å². The minimum atomic E-state index is -0.724. The predicted octanol–water partition coefficient (Wildman–Crippen LogP) is -0.228. The molecule has 0 aromatic carbocycles. The molecule has 0 saturated heterocycles. The van der Waals surface area contributed by atoms with Crippen LogP contribution in [0.5, 0.6) is 0 Å². The van der Waals surface area contributed by atoms with E-state index in [0.29, 0.717) is 18.9 Å². The van der Waals surface area contributed by atoms with Gasteiger partial charge in [0, 0.05) is 26.0 Å². The number of hydrogen-bond donors (Lipinski definition) is 2. The molecular formula is C10H21N5O2S. The molecule has 0 atom stereocenters. The summed E-state index contributed by atoms with van der Waals surface area (Å²) in [5.74, 6) is 0.560. The molecule has 0 aliphatic rings. The van der Waals surface area contributed by atoms with E-state index < -0.39 is 5.60 Å². The van der Waals surface area contributed by atoms with Crippen molar-refractivity contribution < 1.29 is 9.84 Å². The van der Waals surface area contributed by atoms with Gasteiger partial charge in [0.05, 0.1) is 18.8 Å². The summed E-state index contributed by atoms with van der Waals surface area (Å²) in [6, 6.07) is 0. The highest BCUT2D eigenvalue weighted by Crippen LogP contribution is 2.19. The lowest BCUT2D eigenvalue weighted by atomic mass is 10.2. The van der Waals surface area contributed by atoms with Gasteiger partial charge in [-0.25, -0.2) is 4.68 Å². The van der Waals surface area contributed by atoms with Crippen molar-refractivity contribution in [2.45, 2.75) is 31.1 Å². The van der Waals surface area contributed by atoms with Crippen LogP contribution in [0.1, 0.15) is 13.8 Å². The van der Waals surface area contributed by atoms with Crippen LogP contribution in [0.3, 0.4) is 0 Å². The van der Waals surface area contributed by atoms with Crippen molar-refractivity contribution >= 4 is 11.8 Å². The van der Waals surface area contributed by atoms with E-state index >= 15 is 0 Å². The summed E-state index contributed by atoms with van der Waals surface area (Å²) < 4.78 is 6.67. The average Bonchev–Trinajstić information content (AvgIpc) is 2.73. The number of ether oxygens (including phenoxy) is 1. The number of tetrazole rings is 1. The maximum Gasteiger partial charge on any atom is 0.209 e. The molecule has 1 aromatic heterocycles. The number of rotatable bonds is 9. The highest BCUT2D eigenvalue weighted by molar-refractivity contribution is 7.99. The Hall–Kier alpha value is -0.700. The van der Waals surface area contributed by atoms with Crippen molar-refractivity contribution in [2.75, 3.05) is 32.6 Å². The maximum absolute atomic E-state index is 9.66. The van der Waals surface area contributed by atoms with E-state index in [4.69, 9.17) is 4.74 Å². The summed E-state index contributed by atoms with van der Waals surface area (Å²) in [6.45, 7) is 6.51. The number of thioether (sulfide) groups is 1. The molecule has 0 spiro atoms. The fraction of sp³-hybridized carbons (Fsp3) is 0.900. The molecule has 1 heterocycles. The van der Waals surface area contributed by atoms with Crippen LogP contribution in [0.4, 0.5) is 0 Å². The van der Waals surface area contributed by atoms with Gasteiger partial charge in [-0.1, -0.05) is 11.8 Å². The molecule has 1 aromatic rings. The highest BCUT2D eigenvalue weighted by Gasteiger charge is 2.15. The zero-order chi connectivity index (χ0) is 13.4.